The number of rotatable bonds is 3. The summed E-state index contributed by atoms with van der Waals surface area (Å²) in [5.41, 5.74) is -0.0272. The maximum absolute atomic E-state index is 13.5. The second-order valence-corrected chi connectivity index (χ2v) is 5.62. The van der Waals surface area contributed by atoms with E-state index in [-0.39, 0.29) is 29.6 Å². The van der Waals surface area contributed by atoms with Crippen LogP contribution in [0.4, 0.5) is 10.1 Å². The lowest BCUT2D eigenvalue weighted by Crippen LogP contribution is -2.27. The summed E-state index contributed by atoms with van der Waals surface area (Å²) in [4.78, 5) is 28.0. The molecule has 1 aromatic carbocycles. The molecule has 1 aliphatic heterocycles. The van der Waals surface area contributed by atoms with Crippen LogP contribution in [0.5, 0.6) is 0 Å². The van der Waals surface area contributed by atoms with Gasteiger partial charge in [-0.15, -0.1) is 0 Å². The minimum Gasteiger partial charge on any atom is -0.324 e. The number of carbonyl (C=O) groups is 1. The summed E-state index contributed by atoms with van der Waals surface area (Å²) in [6.45, 7) is 0. The second kappa shape index (κ2) is 5.69. The third-order valence-corrected chi connectivity index (χ3v) is 4.30. The van der Waals surface area contributed by atoms with Gasteiger partial charge in [-0.25, -0.2) is 9.37 Å². The summed E-state index contributed by atoms with van der Waals surface area (Å²) in [7, 11) is 0. The molecule has 0 fully saturated rings. The van der Waals surface area contributed by atoms with Gasteiger partial charge in [-0.05, 0) is 12.1 Å². The molecule has 0 saturated heterocycles. The molecule has 2 aromatic rings. The number of aromatic nitrogens is 2. The first-order valence-electron chi connectivity index (χ1n) is 6.40. The van der Waals surface area contributed by atoms with Crippen LogP contribution in [0.2, 0.25) is 0 Å². The molecule has 1 aliphatic rings. The number of hydrogen-bond acceptors (Lipinski definition) is 4. The summed E-state index contributed by atoms with van der Waals surface area (Å²) < 4.78 is 15.0. The molecule has 2 heterocycles. The lowest BCUT2D eigenvalue weighted by atomic mass is 10.2. The number of carbonyl (C=O) groups excluding carboxylic acids is 1. The number of hydrogen-bond donors (Lipinski definition) is 1. The van der Waals surface area contributed by atoms with E-state index in [0.29, 0.717) is 10.9 Å². The topological polar surface area (TPSA) is 64.0 Å². The number of thioether (sulfide) groups is 1. The second-order valence-electron chi connectivity index (χ2n) is 4.63. The smallest absolute Gasteiger partial charge is 0.254 e. The first kappa shape index (κ1) is 13.8. The first-order valence-corrected chi connectivity index (χ1v) is 7.38. The molecule has 0 unspecified atom stereocenters. The number of halogens is 1. The molecule has 0 radical (unpaired) electrons. The third-order valence-electron chi connectivity index (χ3n) is 3.18. The van der Waals surface area contributed by atoms with Crippen LogP contribution in [0, 0.1) is 5.82 Å². The quantitative estimate of drug-likeness (QED) is 0.882. The zero-order valence-corrected chi connectivity index (χ0v) is 11.8. The Hall–Kier alpha value is -2.15. The fourth-order valence-corrected chi connectivity index (χ4v) is 3.34. The Bertz CT molecular complexity index is 747. The molecule has 3 rings (SSSR count). The van der Waals surface area contributed by atoms with Crippen LogP contribution in [0.25, 0.3) is 0 Å². The van der Waals surface area contributed by atoms with Gasteiger partial charge in [0.15, 0.2) is 5.16 Å². The first-order chi connectivity index (χ1) is 10.1. The van der Waals surface area contributed by atoms with Gasteiger partial charge in [-0.1, -0.05) is 23.9 Å². The average molecular weight is 305 g/mol. The Morgan fingerprint density at radius 2 is 2.24 bits per heavy atom. The molecule has 1 N–H and O–H groups in total. The van der Waals surface area contributed by atoms with Crippen LogP contribution < -0.4 is 10.9 Å². The van der Waals surface area contributed by atoms with Crippen molar-refractivity contribution in [3.63, 3.8) is 0 Å². The van der Waals surface area contributed by atoms with Crippen molar-refractivity contribution in [2.24, 2.45) is 0 Å². The van der Waals surface area contributed by atoms with Gasteiger partial charge < -0.3 is 5.32 Å². The predicted molar refractivity (Wildman–Crippen MR) is 77.9 cm³/mol. The summed E-state index contributed by atoms with van der Waals surface area (Å²) >= 11 is 1.44. The molecule has 7 heteroatoms. The minimum absolute atomic E-state index is 0.111. The zero-order chi connectivity index (χ0) is 14.8. The number of anilines is 1. The van der Waals surface area contributed by atoms with Crippen molar-refractivity contribution < 1.29 is 9.18 Å². The van der Waals surface area contributed by atoms with E-state index in [9.17, 15) is 14.0 Å². The van der Waals surface area contributed by atoms with Gasteiger partial charge in [0.25, 0.3) is 5.56 Å². The molecule has 0 saturated carbocycles. The summed E-state index contributed by atoms with van der Waals surface area (Å²) in [6, 6.07) is 7.10. The summed E-state index contributed by atoms with van der Waals surface area (Å²) in [6.07, 6.45) is 1.57. The van der Waals surface area contributed by atoms with E-state index >= 15 is 0 Å². The number of amides is 1. The van der Waals surface area contributed by atoms with Gasteiger partial charge in [0, 0.05) is 24.4 Å². The lowest BCUT2D eigenvalue weighted by Gasteiger charge is -2.13. The molecule has 1 aromatic heterocycles. The Labute approximate surface area is 124 Å². The van der Waals surface area contributed by atoms with Crippen molar-refractivity contribution in [3.8, 4) is 0 Å². The Kier molecular flexibility index (Phi) is 3.74. The predicted octanol–water partition coefficient (Wildman–Crippen LogP) is 2.06. The van der Waals surface area contributed by atoms with Crippen LogP contribution in [-0.4, -0.2) is 21.2 Å². The number of nitrogens with one attached hydrogen (secondary N) is 1. The van der Waals surface area contributed by atoms with Crippen molar-refractivity contribution in [3.05, 3.63) is 52.7 Å². The van der Waals surface area contributed by atoms with Gasteiger partial charge in [0.2, 0.25) is 5.91 Å². The Morgan fingerprint density at radius 3 is 3.05 bits per heavy atom. The van der Waals surface area contributed by atoms with Crippen molar-refractivity contribution >= 4 is 23.4 Å². The van der Waals surface area contributed by atoms with Crippen LogP contribution >= 0.6 is 11.8 Å². The van der Waals surface area contributed by atoms with Crippen LogP contribution in [0.15, 0.2) is 46.5 Å². The third kappa shape index (κ3) is 2.82. The molecular formula is C14H12FN3O2S. The number of benzene rings is 1. The fourth-order valence-electron chi connectivity index (χ4n) is 2.22. The molecule has 108 valence electrons. The van der Waals surface area contributed by atoms with E-state index in [0.717, 1.165) is 0 Å². The number of fused-ring (bicyclic) bond motifs is 1. The maximum Gasteiger partial charge on any atom is 0.254 e. The molecule has 1 amide bonds. The molecule has 5 nitrogen and oxygen atoms in total. The zero-order valence-electron chi connectivity index (χ0n) is 11.0. The minimum atomic E-state index is -0.481. The van der Waals surface area contributed by atoms with E-state index < -0.39 is 5.82 Å². The highest BCUT2D eigenvalue weighted by Crippen LogP contribution is 2.31. The monoisotopic (exact) mass is 305 g/mol. The number of nitrogens with zero attached hydrogens (tertiary/aromatic N) is 2. The molecule has 1 atom stereocenters. The summed E-state index contributed by atoms with van der Waals surface area (Å²) in [5.74, 6) is -0.197. The lowest BCUT2D eigenvalue weighted by molar-refractivity contribution is -0.116. The highest BCUT2D eigenvalue weighted by atomic mass is 32.2. The van der Waals surface area contributed by atoms with Crippen LogP contribution in [-0.2, 0) is 4.79 Å². The van der Waals surface area contributed by atoms with Gasteiger partial charge >= 0.3 is 0 Å². The van der Waals surface area contributed by atoms with Crippen LogP contribution in [0.3, 0.4) is 0 Å². The maximum atomic E-state index is 13.5. The van der Waals surface area contributed by atoms with Crippen molar-refractivity contribution in [1.29, 1.82) is 0 Å². The van der Waals surface area contributed by atoms with Crippen molar-refractivity contribution in [2.45, 2.75) is 17.6 Å². The average Bonchev–Trinajstić information content (AvgIpc) is 2.86. The fraction of sp³-hybridized carbons (Fsp3) is 0.214. The SMILES string of the molecule is O=C(C[C@@H]1CSc2nccc(=O)n21)Nc1ccccc1F. The van der Waals surface area contributed by atoms with E-state index in [1.54, 1.807) is 12.1 Å². The molecule has 0 spiro atoms. The highest BCUT2D eigenvalue weighted by molar-refractivity contribution is 7.99. The van der Waals surface area contributed by atoms with E-state index in [2.05, 4.69) is 10.3 Å². The van der Waals surface area contributed by atoms with E-state index in [1.165, 1.54) is 40.7 Å². The van der Waals surface area contributed by atoms with E-state index in [4.69, 9.17) is 0 Å². The van der Waals surface area contributed by atoms with Crippen LogP contribution in [0.1, 0.15) is 12.5 Å². The number of para-hydroxylation sites is 1. The molecule has 0 aliphatic carbocycles. The Morgan fingerprint density at radius 1 is 1.43 bits per heavy atom. The standard InChI is InChI=1S/C14H12FN3O2S/c15-10-3-1-2-4-11(10)17-12(19)7-9-8-21-14-16-6-5-13(20)18(9)14/h1-6,9H,7-8H2,(H,17,19)/t9-/m1/s1. The van der Waals surface area contributed by atoms with Gasteiger partial charge in [-0.2, -0.15) is 0 Å². The molecule has 21 heavy (non-hydrogen) atoms. The Balaban J connectivity index is 1.73. The van der Waals surface area contributed by atoms with Gasteiger partial charge in [0.05, 0.1) is 11.7 Å². The van der Waals surface area contributed by atoms with Gasteiger partial charge in [-0.3, -0.25) is 14.2 Å². The largest absolute Gasteiger partial charge is 0.324 e. The molecular weight excluding hydrogens is 293 g/mol. The normalized spacial score (nSPS) is 16.5. The summed E-state index contributed by atoms with van der Waals surface area (Å²) in [5, 5.41) is 3.15. The van der Waals surface area contributed by atoms with Gasteiger partial charge in [0.1, 0.15) is 5.82 Å². The van der Waals surface area contributed by atoms with Crippen molar-refractivity contribution in [2.75, 3.05) is 11.1 Å². The van der Waals surface area contributed by atoms with Crippen molar-refractivity contribution in [1.82, 2.24) is 9.55 Å². The molecule has 0 bridgehead atoms. The van der Waals surface area contributed by atoms with E-state index in [1.807, 2.05) is 0 Å². The highest BCUT2D eigenvalue weighted by Gasteiger charge is 2.26.